The Balaban J connectivity index is 0.000000167. The number of carbonyl (C=O) groups is 3. The second kappa shape index (κ2) is 7.33. The van der Waals surface area contributed by atoms with Crippen LogP contribution in [0.15, 0.2) is 54.6 Å². The highest BCUT2D eigenvalue weighted by atomic mass is 16.4. The molecule has 23 heavy (non-hydrogen) atoms. The number of nitrogens with two attached hydrogens (primary N) is 1. The number of fused-ring (bicyclic) bond motifs is 1. The molecule has 1 heterocycles. The van der Waals surface area contributed by atoms with Gasteiger partial charge in [0, 0.05) is 0 Å². The van der Waals surface area contributed by atoms with E-state index in [1.165, 1.54) is 0 Å². The van der Waals surface area contributed by atoms with Crippen molar-refractivity contribution in [1.82, 2.24) is 5.32 Å². The van der Waals surface area contributed by atoms with Crippen LogP contribution in [0.3, 0.4) is 0 Å². The molecule has 0 saturated carbocycles. The fourth-order valence-electron chi connectivity index (χ4n) is 2.07. The molecule has 0 fully saturated rings. The predicted molar refractivity (Wildman–Crippen MR) is 84.0 cm³/mol. The lowest BCUT2D eigenvalue weighted by molar-refractivity contribution is -0.138. The van der Waals surface area contributed by atoms with Crippen LogP contribution < -0.4 is 11.1 Å². The maximum absolute atomic E-state index is 10.9. The molecule has 2 aromatic rings. The first-order valence-corrected chi connectivity index (χ1v) is 6.96. The van der Waals surface area contributed by atoms with Crippen LogP contribution in [0.25, 0.3) is 0 Å². The van der Waals surface area contributed by atoms with Crippen LogP contribution in [-0.4, -0.2) is 28.9 Å². The normalized spacial score (nSPS) is 13.4. The van der Waals surface area contributed by atoms with Gasteiger partial charge in [0.2, 0.25) is 0 Å². The van der Waals surface area contributed by atoms with Gasteiger partial charge in [-0.15, -0.1) is 0 Å². The molecule has 0 bridgehead atoms. The van der Waals surface area contributed by atoms with E-state index in [1.807, 2.05) is 30.3 Å². The average molecular weight is 312 g/mol. The highest BCUT2D eigenvalue weighted by molar-refractivity contribution is 6.21. The minimum atomic E-state index is -0.959. The van der Waals surface area contributed by atoms with E-state index < -0.39 is 12.0 Å². The second-order valence-corrected chi connectivity index (χ2v) is 4.96. The molecular formula is C17H16N2O4. The number of nitrogens with one attached hydrogen (secondary N) is 1. The Bertz CT molecular complexity index is 695. The quantitative estimate of drug-likeness (QED) is 0.738. The molecule has 2 aromatic carbocycles. The number of hydrogen-bond donors (Lipinski definition) is 3. The maximum Gasteiger partial charge on any atom is 0.320 e. The van der Waals surface area contributed by atoms with Gasteiger partial charge < -0.3 is 10.8 Å². The Morgan fingerprint density at radius 3 is 1.91 bits per heavy atom. The zero-order valence-electron chi connectivity index (χ0n) is 12.2. The van der Waals surface area contributed by atoms with Crippen molar-refractivity contribution in [3.63, 3.8) is 0 Å². The highest BCUT2D eigenvalue weighted by Crippen LogP contribution is 2.13. The van der Waals surface area contributed by atoms with Crippen LogP contribution in [0, 0.1) is 0 Å². The maximum atomic E-state index is 10.9. The Morgan fingerprint density at radius 2 is 1.43 bits per heavy atom. The number of aliphatic carboxylic acids is 1. The summed E-state index contributed by atoms with van der Waals surface area (Å²) < 4.78 is 0. The lowest BCUT2D eigenvalue weighted by Gasteiger charge is -2.04. The number of carbonyl (C=O) groups excluding carboxylic acids is 2. The van der Waals surface area contributed by atoms with Crippen LogP contribution in [-0.2, 0) is 11.2 Å². The minimum Gasteiger partial charge on any atom is -0.480 e. The van der Waals surface area contributed by atoms with Crippen LogP contribution in [0.5, 0.6) is 0 Å². The molecule has 0 spiro atoms. The second-order valence-electron chi connectivity index (χ2n) is 4.96. The lowest BCUT2D eigenvalue weighted by Crippen LogP contribution is -2.32. The SMILES string of the molecule is N[C@@H](Cc1ccccc1)C(=O)O.O=C1NC(=O)c2ccccc21. The highest BCUT2D eigenvalue weighted by Gasteiger charge is 2.25. The lowest BCUT2D eigenvalue weighted by atomic mass is 10.1. The number of imide groups is 1. The summed E-state index contributed by atoms with van der Waals surface area (Å²) in [6.07, 6.45) is 0.385. The van der Waals surface area contributed by atoms with E-state index in [0.717, 1.165) is 5.56 Å². The fourth-order valence-corrected chi connectivity index (χ4v) is 2.07. The summed E-state index contributed by atoms with van der Waals surface area (Å²) in [7, 11) is 0. The molecule has 2 amide bonds. The largest absolute Gasteiger partial charge is 0.480 e. The van der Waals surface area contributed by atoms with Crippen molar-refractivity contribution < 1.29 is 19.5 Å². The number of rotatable bonds is 3. The number of carboxylic acid groups (broad SMARTS) is 1. The third-order valence-electron chi connectivity index (χ3n) is 3.26. The number of hydrogen-bond acceptors (Lipinski definition) is 4. The van der Waals surface area contributed by atoms with Crippen molar-refractivity contribution in [1.29, 1.82) is 0 Å². The predicted octanol–water partition coefficient (Wildman–Crippen LogP) is 1.21. The van der Waals surface area contributed by atoms with Gasteiger partial charge in [0.05, 0.1) is 11.1 Å². The molecule has 0 saturated heterocycles. The molecule has 4 N–H and O–H groups in total. The summed E-state index contributed by atoms with van der Waals surface area (Å²) in [4.78, 5) is 32.3. The van der Waals surface area contributed by atoms with Gasteiger partial charge in [-0.05, 0) is 24.1 Å². The first kappa shape index (κ1) is 16.4. The van der Waals surface area contributed by atoms with E-state index in [-0.39, 0.29) is 11.8 Å². The molecule has 1 atom stereocenters. The molecule has 6 heteroatoms. The molecule has 6 nitrogen and oxygen atoms in total. The van der Waals surface area contributed by atoms with Crippen molar-refractivity contribution in [2.75, 3.05) is 0 Å². The van der Waals surface area contributed by atoms with E-state index in [1.54, 1.807) is 24.3 Å². The summed E-state index contributed by atoms with van der Waals surface area (Å²) in [5.41, 5.74) is 7.24. The summed E-state index contributed by atoms with van der Waals surface area (Å²) in [6, 6.07) is 15.3. The first-order valence-electron chi connectivity index (χ1n) is 6.96. The van der Waals surface area contributed by atoms with Gasteiger partial charge in [0.25, 0.3) is 11.8 Å². The molecule has 1 aliphatic heterocycles. The van der Waals surface area contributed by atoms with Gasteiger partial charge in [-0.1, -0.05) is 42.5 Å². The third-order valence-corrected chi connectivity index (χ3v) is 3.26. The van der Waals surface area contributed by atoms with Crippen LogP contribution in [0.2, 0.25) is 0 Å². The van der Waals surface area contributed by atoms with Gasteiger partial charge in [-0.25, -0.2) is 0 Å². The Morgan fingerprint density at radius 1 is 0.957 bits per heavy atom. The standard InChI is InChI=1S/C9H11NO2.C8H5NO2/c10-8(9(11)12)6-7-4-2-1-3-5-7;10-7-5-3-1-2-4-6(5)8(11)9-7/h1-5,8H,6,10H2,(H,11,12);1-4H,(H,9,10,11)/t8-;/m0./s1. The van der Waals surface area contributed by atoms with Gasteiger partial charge >= 0.3 is 5.97 Å². The monoisotopic (exact) mass is 312 g/mol. The molecule has 3 rings (SSSR count). The van der Waals surface area contributed by atoms with Crippen molar-refractivity contribution in [3.05, 3.63) is 71.3 Å². The molecule has 118 valence electrons. The molecule has 0 aromatic heterocycles. The number of carboxylic acids is 1. The third kappa shape index (κ3) is 4.24. The Kier molecular flexibility index (Phi) is 5.22. The molecule has 0 unspecified atom stereocenters. The van der Waals surface area contributed by atoms with Crippen molar-refractivity contribution in [3.8, 4) is 0 Å². The van der Waals surface area contributed by atoms with Gasteiger partial charge in [-0.3, -0.25) is 19.7 Å². The van der Waals surface area contributed by atoms with Crippen LogP contribution >= 0.6 is 0 Å². The number of amides is 2. The van der Waals surface area contributed by atoms with Gasteiger partial charge in [-0.2, -0.15) is 0 Å². The zero-order chi connectivity index (χ0) is 16.8. The van der Waals surface area contributed by atoms with E-state index in [0.29, 0.717) is 17.5 Å². The van der Waals surface area contributed by atoms with Crippen LogP contribution in [0.1, 0.15) is 26.3 Å². The first-order chi connectivity index (χ1) is 11.0. The van der Waals surface area contributed by atoms with Crippen molar-refractivity contribution in [2.45, 2.75) is 12.5 Å². The Labute approximate surface area is 132 Å². The van der Waals surface area contributed by atoms with E-state index in [2.05, 4.69) is 5.32 Å². The average Bonchev–Trinajstić information content (AvgIpc) is 2.84. The van der Waals surface area contributed by atoms with Crippen LogP contribution in [0.4, 0.5) is 0 Å². The van der Waals surface area contributed by atoms with Crippen molar-refractivity contribution in [2.24, 2.45) is 5.73 Å². The zero-order valence-corrected chi connectivity index (χ0v) is 12.2. The van der Waals surface area contributed by atoms with Gasteiger partial charge in [0.1, 0.15) is 6.04 Å². The van der Waals surface area contributed by atoms with E-state index in [4.69, 9.17) is 10.8 Å². The smallest absolute Gasteiger partial charge is 0.320 e. The van der Waals surface area contributed by atoms with E-state index >= 15 is 0 Å². The minimum absolute atomic E-state index is 0.300. The Hall–Kier alpha value is -2.99. The topological polar surface area (TPSA) is 109 Å². The van der Waals surface area contributed by atoms with Crippen molar-refractivity contribution >= 4 is 17.8 Å². The molecule has 0 radical (unpaired) electrons. The molecular weight excluding hydrogens is 296 g/mol. The molecule has 0 aliphatic carbocycles. The summed E-state index contributed by atoms with van der Waals surface area (Å²) in [5.74, 6) is -1.56. The summed E-state index contributed by atoms with van der Waals surface area (Å²) in [6.45, 7) is 0. The molecule has 1 aliphatic rings. The number of benzene rings is 2. The van der Waals surface area contributed by atoms with E-state index in [9.17, 15) is 14.4 Å². The van der Waals surface area contributed by atoms with Gasteiger partial charge in [0.15, 0.2) is 0 Å². The fraction of sp³-hybridized carbons (Fsp3) is 0.118. The summed E-state index contributed by atoms with van der Waals surface area (Å²) in [5, 5.41) is 10.7. The summed E-state index contributed by atoms with van der Waals surface area (Å²) >= 11 is 0.